The number of benzene rings is 1. The van der Waals surface area contributed by atoms with Gasteiger partial charge in [-0.2, -0.15) is 0 Å². The summed E-state index contributed by atoms with van der Waals surface area (Å²) in [4.78, 5) is 2.49. The fourth-order valence-electron chi connectivity index (χ4n) is 3.29. The molecule has 0 saturated carbocycles. The summed E-state index contributed by atoms with van der Waals surface area (Å²) in [6, 6.07) is 9.19. The van der Waals surface area contributed by atoms with Crippen molar-refractivity contribution in [1.29, 1.82) is 0 Å². The molecule has 3 nitrogen and oxygen atoms in total. The lowest BCUT2D eigenvalue weighted by atomic mass is 10.1. The molecule has 1 aliphatic carbocycles. The maximum absolute atomic E-state index is 9.22. The molecule has 2 aliphatic rings. The van der Waals surface area contributed by atoms with Crippen molar-refractivity contribution in [2.24, 2.45) is 11.7 Å². The van der Waals surface area contributed by atoms with Crippen molar-refractivity contribution >= 4 is 0 Å². The SMILES string of the molecule is NC1CC(N2CCC(CO)C2)c2ccccc21. The van der Waals surface area contributed by atoms with E-state index in [1.54, 1.807) is 0 Å². The molecule has 1 aliphatic heterocycles. The number of rotatable bonds is 2. The Labute approximate surface area is 102 Å². The van der Waals surface area contributed by atoms with Gasteiger partial charge in [0.1, 0.15) is 0 Å². The molecule has 0 spiro atoms. The Hall–Kier alpha value is -0.900. The van der Waals surface area contributed by atoms with Gasteiger partial charge in [0.2, 0.25) is 0 Å². The Morgan fingerprint density at radius 1 is 1.29 bits per heavy atom. The summed E-state index contributed by atoms with van der Waals surface area (Å²) in [6.07, 6.45) is 2.14. The third kappa shape index (κ3) is 1.88. The van der Waals surface area contributed by atoms with Gasteiger partial charge in [-0.25, -0.2) is 0 Å². The maximum Gasteiger partial charge on any atom is 0.0471 e. The molecule has 1 saturated heterocycles. The number of hydrogen-bond donors (Lipinski definition) is 2. The first kappa shape index (κ1) is 11.2. The predicted molar refractivity (Wildman–Crippen MR) is 67.5 cm³/mol. The zero-order valence-corrected chi connectivity index (χ0v) is 10.0. The lowest BCUT2D eigenvalue weighted by molar-refractivity contribution is 0.195. The van der Waals surface area contributed by atoms with Gasteiger partial charge in [0.25, 0.3) is 0 Å². The predicted octanol–water partition coefficient (Wildman–Crippen LogP) is 1.45. The lowest BCUT2D eigenvalue weighted by Gasteiger charge is -2.24. The normalized spacial score (nSPS) is 32.9. The van der Waals surface area contributed by atoms with E-state index in [4.69, 9.17) is 5.73 Å². The zero-order chi connectivity index (χ0) is 11.8. The summed E-state index contributed by atoms with van der Waals surface area (Å²) in [7, 11) is 0. The molecule has 3 N–H and O–H groups in total. The van der Waals surface area contributed by atoms with E-state index in [0.717, 1.165) is 25.9 Å². The number of hydrogen-bond acceptors (Lipinski definition) is 3. The molecule has 92 valence electrons. The molecule has 1 heterocycles. The van der Waals surface area contributed by atoms with Crippen LogP contribution in [0.25, 0.3) is 0 Å². The summed E-state index contributed by atoms with van der Waals surface area (Å²) < 4.78 is 0. The van der Waals surface area contributed by atoms with Crippen molar-refractivity contribution in [2.75, 3.05) is 19.7 Å². The third-order valence-electron chi connectivity index (χ3n) is 4.25. The monoisotopic (exact) mass is 232 g/mol. The quantitative estimate of drug-likeness (QED) is 0.811. The Kier molecular flexibility index (Phi) is 2.90. The Morgan fingerprint density at radius 2 is 2.06 bits per heavy atom. The van der Waals surface area contributed by atoms with Gasteiger partial charge in [-0.15, -0.1) is 0 Å². The zero-order valence-electron chi connectivity index (χ0n) is 10.0. The molecule has 0 bridgehead atoms. The van der Waals surface area contributed by atoms with Gasteiger partial charge < -0.3 is 10.8 Å². The Bertz CT molecular complexity index is 407. The second-order valence-electron chi connectivity index (χ2n) is 5.32. The highest BCUT2D eigenvalue weighted by atomic mass is 16.3. The van der Waals surface area contributed by atoms with E-state index in [-0.39, 0.29) is 6.04 Å². The average Bonchev–Trinajstić information content (AvgIpc) is 2.95. The van der Waals surface area contributed by atoms with Crippen molar-refractivity contribution in [1.82, 2.24) is 4.90 Å². The molecular formula is C14H20N2O. The topological polar surface area (TPSA) is 49.5 Å². The highest BCUT2D eigenvalue weighted by Gasteiger charge is 2.35. The highest BCUT2D eigenvalue weighted by molar-refractivity contribution is 5.37. The lowest BCUT2D eigenvalue weighted by Crippen LogP contribution is -2.26. The standard InChI is InChI=1S/C14H20N2O/c15-13-7-14(12-4-2-1-3-11(12)13)16-6-5-10(8-16)9-17/h1-4,10,13-14,17H,5-9,15H2. The first-order valence-corrected chi connectivity index (χ1v) is 6.49. The molecule has 3 heteroatoms. The molecular weight excluding hydrogens is 212 g/mol. The fraction of sp³-hybridized carbons (Fsp3) is 0.571. The van der Waals surface area contributed by atoms with E-state index in [9.17, 15) is 5.11 Å². The number of nitrogens with two attached hydrogens (primary N) is 1. The summed E-state index contributed by atoms with van der Waals surface area (Å²) >= 11 is 0. The largest absolute Gasteiger partial charge is 0.396 e. The van der Waals surface area contributed by atoms with Crippen LogP contribution in [-0.4, -0.2) is 29.7 Å². The number of aliphatic hydroxyl groups is 1. The molecule has 0 radical (unpaired) electrons. The average molecular weight is 232 g/mol. The van der Waals surface area contributed by atoms with Crippen molar-refractivity contribution in [3.8, 4) is 0 Å². The van der Waals surface area contributed by atoms with Gasteiger partial charge in [-0.05, 0) is 36.4 Å². The van der Waals surface area contributed by atoms with E-state index in [1.165, 1.54) is 11.1 Å². The molecule has 1 aromatic rings. The van der Waals surface area contributed by atoms with Crippen molar-refractivity contribution < 1.29 is 5.11 Å². The van der Waals surface area contributed by atoms with Crippen molar-refractivity contribution in [3.05, 3.63) is 35.4 Å². The highest BCUT2D eigenvalue weighted by Crippen LogP contribution is 2.42. The number of aliphatic hydroxyl groups excluding tert-OH is 1. The van der Waals surface area contributed by atoms with E-state index >= 15 is 0 Å². The summed E-state index contributed by atoms with van der Waals surface area (Å²) in [6.45, 7) is 2.43. The van der Waals surface area contributed by atoms with Gasteiger partial charge in [0, 0.05) is 25.2 Å². The van der Waals surface area contributed by atoms with Crippen LogP contribution in [0.4, 0.5) is 0 Å². The van der Waals surface area contributed by atoms with Gasteiger partial charge in [0.15, 0.2) is 0 Å². The summed E-state index contributed by atoms with van der Waals surface area (Å²) in [5.74, 6) is 0.457. The minimum absolute atomic E-state index is 0.185. The van der Waals surface area contributed by atoms with Crippen LogP contribution < -0.4 is 5.73 Å². The first-order chi connectivity index (χ1) is 8.29. The van der Waals surface area contributed by atoms with E-state index in [1.807, 2.05) is 0 Å². The molecule has 17 heavy (non-hydrogen) atoms. The van der Waals surface area contributed by atoms with Crippen molar-refractivity contribution in [2.45, 2.75) is 24.9 Å². The minimum Gasteiger partial charge on any atom is -0.396 e. The van der Waals surface area contributed by atoms with Crippen LogP contribution in [0, 0.1) is 5.92 Å². The molecule has 1 fully saturated rings. The van der Waals surface area contributed by atoms with Crippen LogP contribution in [0.2, 0.25) is 0 Å². The summed E-state index contributed by atoms with van der Waals surface area (Å²) in [5.41, 5.74) is 8.91. The van der Waals surface area contributed by atoms with Gasteiger partial charge in [-0.1, -0.05) is 24.3 Å². The Morgan fingerprint density at radius 3 is 2.76 bits per heavy atom. The second-order valence-corrected chi connectivity index (χ2v) is 5.32. The van der Waals surface area contributed by atoms with Gasteiger partial charge >= 0.3 is 0 Å². The third-order valence-corrected chi connectivity index (χ3v) is 4.25. The van der Waals surface area contributed by atoms with Crippen LogP contribution in [0.15, 0.2) is 24.3 Å². The molecule has 0 amide bonds. The Balaban J connectivity index is 1.82. The molecule has 1 aromatic carbocycles. The van der Waals surface area contributed by atoms with E-state index < -0.39 is 0 Å². The number of nitrogens with zero attached hydrogens (tertiary/aromatic N) is 1. The molecule has 3 atom stereocenters. The van der Waals surface area contributed by atoms with Crippen LogP contribution >= 0.6 is 0 Å². The van der Waals surface area contributed by atoms with E-state index in [2.05, 4.69) is 29.2 Å². The van der Waals surface area contributed by atoms with Crippen LogP contribution in [0.3, 0.4) is 0 Å². The summed E-state index contributed by atoms with van der Waals surface area (Å²) in [5, 5.41) is 9.22. The molecule has 3 unspecified atom stereocenters. The molecule has 3 rings (SSSR count). The van der Waals surface area contributed by atoms with Crippen LogP contribution in [0.1, 0.15) is 36.1 Å². The van der Waals surface area contributed by atoms with Gasteiger partial charge in [0.05, 0.1) is 0 Å². The smallest absolute Gasteiger partial charge is 0.0471 e. The molecule has 0 aromatic heterocycles. The van der Waals surface area contributed by atoms with E-state index in [0.29, 0.717) is 18.6 Å². The second kappa shape index (κ2) is 4.41. The fourth-order valence-corrected chi connectivity index (χ4v) is 3.29. The van der Waals surface area contributed by atoms with Gasteiger partial charge in [-0.3, -0.25) is 4.90 Å². The maximum atomic E-state index is 9.22. The minimum atomic E-state index is 0.185. The van der Waals surface area contributed by atoms with Crippen LogP contribution in [-0.2, 0) is 0 Å². The number of fused-ring (bicyclic) bond motifs is 1. The number of likely N-dealkylation sites (tertiary alicyclic amines) is 1. The van der Waals surface area contributed by atoms with Crippen molar-refractivity contribution in [3.63, 3.8) is 0 Å². The van der Waals surface area contributed by atoms with Crippen LogP contribution in [0.5, 0.6) is 0 Å². The first-order valence-electron chi connectivity index (χ1n) is 6.49.